The van der Waals surface area contributed by atoms with Crippen molar-refractivity contribution in [3.05, 3.63) is 42.0 Å². The van der Waals surface area contributed by atoms with Crippen LogP contribution >= 0.6 is 0 Å². The standard InChI is InChI=1S/C41H64N6O8/c1-41(40(55)46-34(26-29-18-20-31(48)21-19-29)35(49)27-30(39(53)54)25-28-13-6-7-14-28)22-10-4-2-3-5-17-36(50)44-32(15-8-11-23-42)37(51)45-33(38(52)47-41)16-9-12-24-43/h2-3,18-21,28,30,32-34,48H,4-17,22-27,42-43H2,1H3,(H,44,50)(H,45,51)(H,46,55)(H,47,52)(H,53,54)/t30-,32+,33+,34+,41-/m1/s1. The molecular weight excluding hydrogens is 704 g/mol. The predicted octanol–water partition coefficient (Wildman–Crippen LogP) is 3.28. The molecule has 1 aliphatic heterocycles. The van der Waals surface area contributed by atoms with Crippen LogP contribution in [0, 0.1) is 11.8 Å². The van der Waals surface area contributed by atoms with Crippen molar-refractivity contribution in [2.24, 2.45) is 23.3 Å². The van der Waals surface area contributed by atoms with Crippen molar-refractivity contribution >= 4 is 35.4 Å². The highest BCUT2D eigenvalue weighted by atomic mass is 16.4. The lowest BCUT2D eigenvalue weighted by Crippen LogP contribution is -2.63. The molecule has 4 amide bonds. The second-order valence-electron chi connectivity index (χ2n) is 15.5. The van der Waals surface area contributed by atoms with Crippen LogP contribution in [0.1, 0.15) is 122 Å². The van der Waals surface area contributed by atoms with Gasteiger partial charge in [-0.1, -0.05) is 50.0 Å². The van der Waals surface area contributed by atoms with E-state index in [0.717, 1.165) is 25.7 Å². The van der Waals surface area contributed by atoms with Gasteiger partial charge in [-0.15, -0.1) is 0 Å². The Morgan fingerprint density at radius 1 is 0.873 bits per heavy atom. The van der Waals surface area contributed by atoms with Crippen molar-refractivity contribution in [2.45, 2.75) is 146 Å². The van der Waals surface area contributed by atoms with E-state index in [1.54, 1.807) is 19.1 Å². The molecule has 2 aliphatic rings. The van der Waals surface area contributed by atoms with Crippen LogP contribution in [0.15, 0.2) is 36.4 Å². The molecule has 0 radical (unpaired) electrons. The van der Waals surface area contributed by atoms with Gasteiger partial charge in [-0.25, -0.2) is 0 Å². The highest BCUT2D eigenvalue weighted by molar-refractivity contribution is 5.98. The normalized spacial score (nSPS) is 22.9. The summed E-state index contributed by atoms with van der Waals surface area (Å²) in [4.78, 5) is 81.3. The van der Waals surface area contributed by atoms with Crippen LogP contribution < -0.4 is 32.7 Å². The SMILES string of the molecule is C[C@]1(C(=O)N[C@@H](Cc2ccc(O)cc2)C(=O)C[C@@H](CC2CCCC2)C(=O)O)CCCC=CCCC(=O)N[C@@H](CCCCN)C(=O)N[C@@H](CCCCN)C(=O)N1. The third kappa shape index (κ3) is 15.8. The molecule has 0 spiro atoms. The number of hydrogen-bond acceptors (Lipinski definition) is 9. The van der Waals surface area contributed by atoms with Crippen LogP contribution in [-0.4, -0.2) is 82.3 Å². The summed E-state index contributed by atoms with van der Waals surface area (Å²) in [5, 5.41) is 31.4. The first kappa shape index (κ1) is 45.1. The fourth-order valence-electron chi connectivity index (χ4n) is 7.41. The largest absolute Gasteiger partial charge is 0.508 e. The maximum atomic E-state index is 14.4. The Labute approximate surface area is 325 Å². The van der Waals surface area contributed by atoms with Crippen LogP contribution in [-0.2, 0) is 35.2 Å². The zero-order valence-corrected chi connectivity index (χ0v) is 32.5. The predicted molar refractivity (Wildman–Crippen MR) is 210 cm³/mol. The number of phenols is 1. The molecule has 0 bridgehead atoms. The molecule has 1 saturated carbocycles. The molecule has 1 fully saturated rings. The molecule has 0 aromatic heterocycles. The minimum absolute atomic E-state index is 0.0332. The molecule has 1 heterocycles. The summed E-state index contributed by atoms with van der Waals surface area (Å²) < 4.78 is 0. The topological polar surface area (TPSA) is 243 Å². The maximum absolute atomic E-state index is 14.4. The number of allylic oxidation sites excluding steroid dienone is 2. The summed E-state index contributed by atoms with van der Waals surface area (Å²) in [6.45, 7) is 2.40. The monoisotopic (exact) mass is 768 g/mol. The summed E-state index contributed by atoms with van der Waals surface area (Å²) in [5.41, 5.74) is 10.5. The van der Waals surface area contributed by atoms with Gasteiger partial charge in [-0.3, -0.25) is 28.8 Å². The summed E-state index contributed by atoms with van der Waals surface area (Å²) in [6, 6.07) is 3.18. The van der Waals surface area contributed by atoms with E-state index >= 15 is 0 Å². The molecule has 5 atom stereocenters. The number of nitrogens with one attached hydrogen (secondary N) is 4. The van der Waals surface area contributed by atoms with Gasteiger partial charge in [-0.05, 0) is 121 Å². The van der Waals surface area contributed by atoms with Crippen molar-refractivity contribution in [3.8, 4) is 5.75 Å². The number of amides is 4. The van der Waals surface area contributed by atoms with Crippen LogP contribution in [0.3, 0.4) is 0 Å². The number of nitrogens with two attached hydrogens (primary N) is 2. The Bertz CT molecular complexity index is 1450. The van der Waals surface area contributed by atoms with Crippen molar-refractivity contribution in [3.63, 3.8) is 0 Å². The van der Waals surface area contributed by atoms with Crippen molar-refractivity contribution in [1.29, 1.82) is 0 Å². The number of carbonyl (C=O) groups is 6. The van der Waals surface area contributed by atoms with Gasteiger partial charge in [-0.2, -0.15) is 0 Å². The number of unbranched alkanes of at least 4 members (excludes halogenated alkanes) is 2. The van der Waals surface area contributed by atoms with Crippen molar-refractivity contribution in [2.75, 3.05) is 13.1 Å². The van der Waals surface area contributed by atoms with Gasteiger partial charge in [0.05, 0.1) is 12.0 Å². The molecule has 0 unspecified atom stereocenters. The van der Waals surface area contributed by atoms with E-state index in [2.05, 4.69) is 21.3 Å². The summed E-state index contributed by atoms with van der Waals surface area (Å²) in [7, 11) is 0. The molecule has 1 aliphatic carbocycles. The minimum Gasteiger partial charge on any atom is -0.508 e. The van der Waals surface area contributed by atoms with Crippen LogP contribution in [0.25, 0.3) is 0 Å². The Hall–Kier alpha value is -4.30. The van der Waals surface area contributed by atoms with E-state index in [1.165, 1.54) is 12.1 Å². The Morgan fingerprint density at radius 3 is 2.11 bits per heavy atom. The molecule has 55 heavy (non-hydrogen) atoms. The number of carbonyl (C=O) groups excluding carboxylic acids is 5. The Kier molecular flexibility index (Phi) is 19.3. The van der Waals surface area contributed by atoms with Gasteiger partial charge in [0.15, 0.2) is 5.78 Å². The number of aliphatic carboxylic acids is 1. The highest BCUT2D eigenvalue weighted by Crippen LogP contribution is 2.32. The number of rotatable bonds is 18. The first-order valence-electron chi connectivity index (χ1n) is 20.2. The quantitative estimate of drug-likeness (QED) is 0.0801. The van der Waals surface area contributed by atoms with E-state index in [0.29, 0.717) is 76.4 Å². The van der Waals surface area contributed by atoms with Gasteiger partial charge in [0.2, 0.25) is 23.6 Å². The first-order chi connectivity index (χ1) is 26.3. The Morgan fingerprint density at radius 2 is 1.49 bits per heavy atom. The summed E-state index contributed by atoms with van der Waals surface area (Å²) in [5.74, 6) is -4.13. The van der Waals surface area contributed by atoms with E-state index < -0.39 is 59.1 Å². The number of hydrogen-bond donors (Lipinski definition) is 8. The molecule has 14 heteroatoms. The molecule has 1 aromatic rings. The summed E-state index contributed by atoms with van der Waals surface area (Å²) in [6.07, 6.45) is 12.6. The number of carboxylic acids is 1. The third-order valence-corrected chi connectivity index (χ3v) is 10.8. The van der Waals surface area contributed by atoms with Crippen LogP contribution in [0.4, 0.5) is 0 Å². The highest BCUT2D eigenvalue weighted by Gasteiger charge is 2.39. The van der Waals surface area contributed by atoms with Gasteiger partial charge in [0, 0.05) is 12.8 Å². The molecular formula is C41H64N6O8. The average Bonchev–Trinajstić information content (AvgIpc) is 3.66. The number of ketones is 1. The van der Waals surface area contributed by atoms with Crippen LogP contribution in [0.5, 0.6) is 5.75 Å². The molecule has 306 valence electrons. The lowest BCUT2D eigenvalue weighted by atomic mass is 9.86. The lowest BCUT2D eigenvalue weighted by molar-refractivity contribution is -0.145. The van der Waals surface area contributed by atoms with E-state index in [1.807, 2.05) is 12.2 Å². The van der Waals surface area contributed by atoms with E-state index in [4.69, 9.17) is 11.5 Å². The Balaban J connectivity index is 1.92. The fraction of sp³-hybridized carbons (Fsp3) is 0.659. The zero-order chi connectivity index (χ0) is 40.2. The lowest BCUT2D eigenvalue weighted by Gasteiger charge is -2.34. The van der Waals surface area contributed by atoms with Crippen molar-refractivity contribution < 1.29 is 39.0 Å². The fourth-order valence-corrected chi connectivity index (χ4v) is 7.41. The maximum Gasteiger partial charge on any atom is 0.306 e. The smallest absolute Gasteiger partial charge is 0.306 e. The third-order valence-electron chi connectivity index (χ3n) is 10.8. The number of aromatic hydroxyl groups is 1. The van der Waals surface area contributed by atoms with Gasteiger partial charge in [0.25, 0.3) is 0 Å². The number of Topliss-reactive ketones (excluding diaryl/α,β-unsaturated/α-hetero) is 1. The van der Waals surface area contributed by atoms with Crippen LogP contribution in [0.2, 0.25) is 0 Å². The zero-order valence-electron chi connectivity index (χ0n) is 32.5. The first-order valence-corrected chi connectivity index (χ1v) is 20.2. The molecule has 14 nitrogen and oxygen atoms in total. The molecule has 1 aromatic carbocycles. The number of carboxylic acid groups (broad SMARTS) is 1. The van der Waals surface area contributed by atoms with Crippen molar-refractivity contribution in [1.82, 2.24) is 21.3 Å². The minimum atomic E-state index is -1.53. The molecule has 0 saturated heterocycles. The average molecular weight is 769 g/mol. The van der Waals surface area contributed by atoms with E-state index in [9.17, 15) is 39.0 Å². The second kappa shape index (κ2) is 23.6. The molecule has 3 rings (SSSR count). The van der Waals surface area contributed by atoms with Gasteiger partial charge < -0.3 is 42.9 Å². The molecule has 10 N–H and O–H groups in total. The number of benzene rings is 1. The van der Waals surface area contributed by atoms with E-state index in [-0.39, 0.29) is 49.7 Å². The van der Waals surface area contributed by atoms with Gasteiger partial charge >= 0.3 is 5.97 Å². The van der Waals surface area contributed by atoms with Gasteiger partial charge in [0.1, 0.15) is 23.4 Å². The summed E-state index contributed by atoms with van der Waals surface area (Å²) >= 11 is 0. The second-order valence-corrected chi connectivity index (χ2v) is 15.5. The number of phenolic OH excluding ortho intramolecular Hbond substituents is 1.